The summed E-state index contributed by atoms with van der Waals surface area (Å²) in [5, 5.41) is 11.8. The largest absolute Gasteiger partial charge is 0.508 e. The van der Waals surface area contributed by atoms with Gasteiger partial charge >= 0.3 is 0 Å². The van der Waals surface area contributed by atoms with Gasteiger partial charge in [0.1, 0.15) is 11.5 Å². The van der Waals surface area contributed by atoms with E-state index in [0.29, 0.717) is 0 Å². The molecular weight excluding hydrogens is 447 g/mol. The van der Waals surface area contributed by atoms with Gasteiger partial charge in [-0.05, 0) is 57.0 Å². The molecule has 0 saturated carbocycles. The monoisotopic (exact) mass is 476 g/mol. The van der Waals surface area contributed by atoms with Crippen LogP contribution in [0.15, 0.2) is 53.0 Å². The maximum Gasteiger partial charge on any atom is 0.199 e. The molecule has 2 saturated heterocycles. The highest BCUT2D eigenvalue weighted by atomic mass is 79.9. The first-order chi connectivity index (χ1) is 14.1. The van der Waals surface area contributed by atoms with Crippen molar-refractivity contribution in [2.75, 3.05) is 26.2 Å². The fraction of sp³-hybridized carbons (Fsp3) is 0.478. The van der Waals surface area contributed by atoms with E-state index in [0.717, 1.165) is 67.2 Å². The Kier molecular flexibility index (Phi) is 6.80. The van der Waals surface area contributed by atoms with Gasteiger partial charge in [-0.15, -0.1) is 0 Å². The Labute approximate surface area is 182 Å². The number of phenolic OH excluding ortho intramolecular Hbond substituents is 1. The van der Waals surface area contributed by atoms with E-state index in [9.17, 15) is 5.11 Å². The number of benzene rings is 2. The number of nitrogens with zero attached hydrogens (tertiary/aromatic N) is 2. The quantitative estimate of drug-likeness (QED) is 0.559. The summed E-state index contributed by atoms with van der Waals surface area (Å²) in [6.45, 7) is 3.54. The molecule has 4 rings (SSSR count). The lowest BCUT2D eigenvalue weighted by molar-refractivity contribution is 0.196. The summed E-state index contributed by atoms with van der Waals surface area (Å²) in [6.07, 6.45) is 6.79. The van der Waals surface area contributed by atoms with Gasteiger partial charge in [-0.2, -0.15) is 0 Å². The zero-order valence-electron chi connectivity index (χ0n) is 16.8. The van der Waals surface area contributed by atoms with Crippen LogP contribution in [0.25, 0.3) is 0 Å². The lowest BCUT2D eigenvalue weighted by Crippen LogP contribution is -2.41. The van der Waals surface area contributed by atoms with E-state index in [1.54, 1.807) is 6.07 Å². The number of piperidine rings is 2. The van der Waals surface area contributed by atoms with Crippen LogP contribution in [-0.4, -0.2) is 40.9 Å². The molecule has 0 radical (unpaired) electrons. The van der Waals surface area contributed by atoms with Crippen LogP contribution < -0.4 is 5.30 Å². The van der Waals surface area contributed by atoms with E-state index < -0.39 is 7.29 Å². The molecule has 0 bridgehead atoms. The molecule has 2 fully saturated rings. The van der Waals surface area contributed by atoms with Crippen molar-refractivity contribution in [3.8, 4) is 5.75 Å². The minimum absolute atomic E-state index is 0.233. The Hall–Kier alpha value is -1.13. The Bertz CT molecular complexity index is 864. The van der Waals surface area contributed by atoms with Gasteiger partial charge in [-0.25, -0.2) is 4.67 Å². The second-order valence-electron chi connectivity index (χ2n) is 8.15. The fourth-order valence-corrected chi connectivity index (χ4v) is 8.81. The van der Waals surface area contributed by atoms with Crippen LogP contribution in [0.1, 0.15) is 49.9 Å². The number of hydrogen-bond acceptors (Lipinski definition) is 3. The Morgan fingerprint density at radius 3 is 2.14 bits per heavy atom. The molecule has 0 aliphatic carbocycles. The van der Waals surface area contributed by atoms with Crippen LogP contribution in [0.3, 0.4) is 0 Å². The minimum atomic E-state index is -3.02. The topological polar surface area (TPSA) is 43.8 Å². The molecule has 0 spiro atoms. The van der Waals surface area contributed by atoms with E-state index >= 15 is 4.57 Å². The van der Waals surface area contributed by atoms with Gasteiger partial charge in [0.25, 0.3) is 0 Å². The van der Waals surface area contributed by atoms with Gasteiger partial charge in [0, 0.05) is 28.4 Å². The molecular formula is C23H30BrN2O2P. The summed E-state index contributed by atoms with van der Waals surface area (Å²) in [4.78, 5) is 2.37. The van der Waals surface area contributed by atoms with E-state index in [1.807, 2.05) is 42.5 Å². The lowest BCUT2D eigenvalue weighted by Gasteiger charge is -2.45. The summed E-state index contributed by atoms with van der Waals surface area (Å²) >= 11 is 3.57. The van der Waals surface area contributed by atoms with Crippen LogP contribution in [0.5, 0.6) is 5.75 Å². The van der Waals surface area contributed by atoms with Crippen molar-refractivity contribution in [1.82, 2.24) is 9.57 Å². The summed E-state index contributed by atoms with van der Waals surface area (Å²) in [6, 6.07) is 15.5. The minimum Gasteiger partial charge on any atom is -0.508 e. The summed E-state index contributed by atoms with van der Waals surface area (Å²) in [7, 11) is -3.02. The van der Waals surface area contributed by atoms with Crippen LogP contribution in [0.4, 0.5) is 0 Å². The van der Waals surface area contributed by atoms with Crippen molar-refractivity contribution in [3.05, 3.63) is 58.6 Å². The third-order valence-corrected chi connectivity index (χ3v) is 10.3. The molecule has 0 unspecified atom stereocenters. The van der Waals surface area contributed by atoms with Gasteiger partial charge in [0.2, 0.25) is 0 Å². The van der Waals surface area contributed by atoms with Crippen molar-refractivity contribution in [2.45, 2.75) is 44.3 Å². The molecule has 2 atom stereocenters. The van der Waals surface area contributed by atoms with Crippen molar-refractivity contribution < 1.29 is 9.67 Å². The molecule has 2 aliphatic heterocycles. The number of phenols is 1. The highest BCUT2D eigenvalue weighted by Crippen LogP contribution is 2.64. The van der Waals surface area contributed by atoms with E-state index in [4.69, 9.17) is 0 Å². The molecule has 1 N–H and O–H groups in total. The van der Waals surface area contributed by atoms with Gasteiger partial charge in [0.05, 0.1) is 0 Å². The molecule has 2 aromatic rings. The van der Waals surface area contributed by atoms with Gasteiger partial charge in [-0.3, -0.25) is 9.46 Å². The first-order valence-corrected chi connectivity index (χ1v) is 13.3. The smallest absolute Gasteiger partial charge is 0.199 e. The first kappa shape index (κ1) is 21.1. The zero-order chi connectivity index (χ0) is 20.3. The SMILES string of the molecule is O=[P@@](c1ccccc1)([C@@H](c1cc(Br)ccc1O)N1CCCCC1)N1CCCCC1. The summed E-state index contributed by atoms with van der Waals surface area (Å²) in [5.74, 6) is -0.0993. The highest BCUT2D eigenvalue weighted by molar-refractivity contribution is 9.10. The molecule has 0 amide bonds. The molecule has 2 aromatic carbocycles. The number of hydrogen-bond donors (Lipinski definition) is 1. The summed E-state index contributed by atoms with van der Waals surface area (Å²) < 4.78 is 18.3. The normalized spacial score (nSPS) is 22.1. The molecule has 4 nitrogen and oxygen atoms in total. The Morgan fingerprint density at radius 2 is 1.48 bits per heavy atom. The molecule has 0 aromatic heterocycles. The average Bonchev–Trinajstić information content (AvgIpc) is 2.78. The van der Waals surface area contributed by atoms with E-state index in [2.05, 4.69) is 25.5 Å². The molecule has 156 valence electrons. The van der Waals surface area contributed by atoms with Crippen molar-refractivity contribution in [1.29, 1.82) is 0 Å². The predicted octanol–water partition coefficient (Wildman–Crippen LogP) is 5.73. The number of aromatic hydroxyl groups is 1. The highest BCUT2D eigenvalue weighted by Gasteiger charge is 2.46. The fourth-order valence-electron chi connectivity index (χ4n) is 4.78. The second-order valence-corrected chi connectivity index (χ2v) is 11.9. The third kappa shape index (κ3) is 4.34. The molecule has 6 heteroatoms. The van der Waals surface area contributed by atoms with Gasteiger partial charge in [0.15, 0.2) is 7.29 Å². The van der Waals surface area contributed by atoms with Crippen molar-refractivity contribution >= 4 is 28.5 Å². The number of likely N-dealkylation sites (tertiary alicyclic amines) is 1. The molecule has 2 heterocycles. The third-order valence-electron chi connectivity index (χ3n) is 6.21. The van der Waals surface area contributed by atoms with Crippen LogP contribution in [-0.2, 0) is 4.57 Å². The van der Waals surface area contributed by atoms with Crippen LogP contribution in [0, 0.1) is 0 Å². The standard InChI is InChI=1S/C23H30BrN2O2P/c24-19-12-13-22(27)21(18-19)23(25-14-6-2-7-15-25)29(28,20-10-4-1-5-11-20)26-16-8-3-9-17-26/h1,4-5,10-13,18,23,27H,2-3,6-9,14-17H2/t23-,29-/m0/s1. The van der Waals surface area contributed by atoms with Gasteiger partial charge < -0.3 is 5.11 Å². The second kappa shape index (κ2) is 9.34. The predicted molar refractivity (Wildman–Crippen MR) is 123 cm³/mol. The Morgan fingerprint density at radius 1 is 0.862 bits per heavy atom. The van der Waals surface area contributed by atoms with Crippen molar-refractivity contribution in [3.63, 3.8) is 0 Å². The first-order valence-electron chi connectivity index (χ1n) is 10.7. The number of rotatable bonds is 5. The Balaban J connectivity index is 1.90. The molecule has 29 heavy (non-hydrogen) atoms. The maximum absolute atomic E-state index is 15.2. The number of halogens is 1. The lowest BCUT2D eigenvalue weighted by atomic mass is 10.1. The summed E-state index contributed by atoms with van der Waals surface area (Å²) in [5.41, 5.74) is 0.777. The molecule has 2 aliphatic rings. The maximum atomic E-state index is 15.2. The van der Waals surface area contributed by atoms with Crippen molar-refractivity contribution in [2.24, 2.45) is 0 Å². The van der Waals surface area contributed by atoms with Crippen LogP contribution >= 0.6 is 23.2 Å². The van der Waals surface area contributed by atoms with Gasteiger partial charge in [-0.1, -0.05) is 59.1 Å². The van der Waals surface area contributed by atoms with Crippen LogP contribution in [0.2, 0.25) is 0 Å². The average molecular weight is 477 g/mol. The zero-order valence-corrected chi connectivity index (χ0v) is 19.3. The van der Waals surface area contributed by atoms with E-state index in [-0.39, 0.29) is 11.5 Å². The van der Waals surface area contributed by atoms with E-state index in [1.165, 1.54) is 12.8 Å².